The van der Waals surface area contributed by atoms with E-state index in [-0.39, 0.29) is 16.3 Å². The fraction of sp³-hybridized carbons (Fsp3) is 0.852. The molecule has 0 saturated heterocycles. The molecular weight excluding hydrogens is 370 g/mol. The molecule has 0 atom stereocenters. The smallest absolute Gasteiger partial charge is 0.230 e. The number of nitrogens with zero attached hydrogens (tertiary/aromatic N) is 1. The second-order valence-corrected chi connectivity index (χ2v) is 10.2. The van der Waals surface area contributed by atoms with Gasteiger partial charge < -0.3 is 4.90 Å². The molecular formula is C27H49NO2. The van der Waals surface area contributed by atoms with Crippen molar-refractivity contribution in [3.05, 3.63) is 31.6 Å². The van der Waals surface area contributed by atoms with Crippen molar-refractivity contribution < 1.29 is 0 Å². The Kier molecular flexibility index (Phi) is 13.5. The zero-order valence-electron chi connectivity index (χ0n) is 20.8. The predicted molar refractivity (Wildman–Crippen MR) is 132 cm³/mol. The van der Waals surface area contributed by atoms with E-state index < -0.39 is 0 Å². The monoisotopic (exact) mass is 419 g/mol. The van der Waals surface area contributed by atoms with Crippen LogP contribution in [0.25, 0.3) is 0 Å². The standard InChI is InChI=1S/C27H49NO2/c1-6-8-10-12-14-16-20-28(21-17-15-13-11-9-7-2)22-18-19-23-24(27(3,4)5)26(30)25(23)29/h6-22H2,1-5H3. The highest BCUT2D eigenvalue weighted by atomic mass is 16.2. The Morgan fingerprint density at radius 3 is 1.50 bits per heavy atom. The van der Waals surface area contributed by atoms with Crippen molar-refractivity contribution in [1.82, 2.24) is 4.90 Å². The molecule has 0 fully saturated rings. The third kappa shape index (κ3) is 9.90. The van der Waals surface area contributed by atoms with Crippen molar-refractivity contribution in [2.45, 2.75) is 130 Å². The van der Waals surface area contributed by atoms with Gasteiger partial charge in [-0.2, -0.15) is 0 Å². The lowest BCUT2D eigenvalue weighted by Crippen LogP contribution is -2.45. The highest BCUT2D eigenvalue weighted by Gasteiger charge is 2.29. The van der Waals surface area contributed by atoms with Crippen LogP contribution in [0, 0.1) is 0 Å². The fourth-order valence-corrected chi connectivity index (χ4v) is 4.52. The molecule has 0 saturated carbocycles. The topological polar surface area (TPSA) is 37.4 Å². The van der Waals surface area contributed by atoms with Gasteiger partial charge in [-0.25, -0.2) is 0 Å². The summed E-state index contributed by atoms with van der Waals surface area (Å²) in [5.41, 5.74) is 0.918. The molecule has 0 heterocycles. The molecule has 0 aliphatic rings. The maximum atomic E-state index is 12.1. The van der Waals surface area contributed by atoms with E-state index in [4.69, 9.17) is 0 Å². The van der Waals surface area contributed by atoms with E-state index in [1.165, 1.54) is 90.1 Å². The molecule has 1 aromatic carbocycles. The van der Waals surface area contributed by atoms with Gasteiger partial charge in [0, 0.05) is 11.1 Å². The minimum absolute atomic E-state index is 0.211. The third-order valence-corrected chi connectivity index (χ3v) is 6.32. The molecule has 0 bridgehead atoms. The molecule has 0 aromatic heterocycles. The summed E-state index contributed by atoms with van der Waals surface area (Å²) in [6, 6.07) is 0. The first kappa shape index (κ1) is 27.1. The second-order valence-electron chi connectivity index (χ2n) is 10.2. The lowest BCUT2D eigenvalue weighted by Gasteiger charge is -2.25. The van der Waals surface area contributed by atoms with Crippen LogP contribution in [0.4, 0.5) is 0 Å². The molecule has 174 valence electrons. The fourth-order valence-electron chi connectivity index (χ4n) is 4.52. The van der Waals surface area contributed by atoms with Gasteiger partial charge in [-0.15, -0.1) is 0 Å². The van der Waals surface area contributed by atoms with Gasteiger partial charge in [-0.05, 0) is 50.7 Å². The van der Waals surface area contributed by atoms with Crippen LogP contribution >= 0.6 is 0 Å². The van der Waals surface area contributed by atoms with Crippen molar-refractivity contribution in [3.8, 4) is 0 Å². The summed E-state index contributed by atoms with van der Waals surface area (Å²) in [7, 11) is 0. The number of hydrogen-bond acceptors (Lipinski definition) is 3. The highest BCUT2D eigenvalue weighted by molar-refractivity contribution is 5.38. The first-order valence-corrected chi connectivity index (χ1v) is 12.9. The van der Waals surface area contributed by atoms with Crippen LogP contribution in [0.2, 0.25) is 0 Å². The van der Waals surface area contributed by atoms with E-state index >= 15 is 0 Å². The van der Waals surface area contributed by atoms with E-state index in [2.05, 4.69) is 18.7 Å². The molecule has 0 radical (unpaired) electrons. The van der Waals surface area contributed by atoms with Crippen molar-refractivity contribution >= 4 is 0 Å². The molecule has 30 heavy (non-hydrogen) atoms. The SMILES string of the molecule is CCCCCCCCN(CCCCCCCC)CCCc1c(C(C)(C)C)c(=O)c1=O. The van der Waals surface area contributed by atoms with Crippen molar-refractivity contribution in [3.63, 3.8) is 0 Å². The average Bonchev–Trinajstić information content (AvgIpc) is 2.70. The summed E-state index contributed by atoms with van der Waals surface area (Å²) in [6.07, 6.45) is 17.8. The third-order valence-electron chi connectivity index (χ3n) is 6.32. The van der Waals surface area contributed by atoms with Gasteiger partial charge in [0.05, 0.1) is 0 Å². The molecule has 1 rings (SSSR count). The molecule has 3 nitrogen and oxygen atoms in total. The van der Waals surface area contributed by atoms with Gasteiger partial charge in [0.15, 0.2) is 0 Å². The number of hydrogen-bond donors (Lipinski definition) is 0. The van der Waals surface area contributed by atoms with E-state index in [1.807, 2.05) is 20.8 Å². The van der Waals surface area contributed by atoms with E-state index in [0.717, 1.165) is 30.5 Å². The molecule has 0 aliphatic heterocycles. The Morgan fingerprint density at radius 1 is 0.600 bits per heavy atom. The Labute approximate surface area is 186 Å². The normalized spacial score (nSPS) is 12.3. The van der Waals surface area contributed by atoms with Gasteiger partial charge in [-0.3, -0.25) is 9.59 Å². The van der Waals surface area contributed by atoms with Crippen LogP contribution in [0.3, 0.4) is 0 Å². The first-order valence-electron chi connectivity index (χ1n) is 12.9. The lowest BCUT2D eigenvalue weighted by atomic mass is 9.79. The van der Waals surface area contributed by atoms with Gasteiger partial charge in [0.2, 0.25) is 10.9 Å². The molecule has 0 unspecified atom stereocenters. The summed E-state index contributed by atoms with van der Waals surface area (Å²) in [5, 5.41) is 0. The van der Waals surface area contributed by atoms with Gasteiger partial charge in [-0.1, -0.05) is 98.8 Å². The Hall–Kier alpha value is -0.960. The average molecular weight is 420 g/mol. The van der Waals surface area contributed by atoms with Gasteiger partial charge in [0.1, 0.15) is 0 Å². The Morgan fingerprint density at radius 2 is 1.03 bits per heavy atom. The minimum atomic E-state index is -0.242. The van der Waals surface area contributed by atoms with Crippen molar-refractivity contribution in [2.24, 2.45) is 0 Å². The van der Waals surface area contributed by atoms with Crippen molar-refractivity contribution in [2.75, 3.05) is 19.6 Å². The van der Waals surface area contributed by atoms with Crippen LogP contribution in [0.5, 0.6) is 0 Å². The zero-order valence-corrected chi connectivity index (χ0v) is 20.8. The van der Waals surface area contributed by atoms with Crippen LogP contribution in [0.1, 0.15) is 129 Å². The molecule has 0 spiro atoms. The second kappa shape index (κ2) is 14.9. The van der Waals surface area contributed by atoms with Gasteiger partial charge in [0.25, 0.3) is 0 Å². The maximum Gasteiger partial charge on any atom is 0.230 e. The Bertz CT molecular complexity index is 618. The van der Waals surface area contributed by atoms with E-state index in [9.17, 15) is 9.59 Å². The summed E-state index contributed by atoms with van der Waals surface area (Å²) in [6.45, 7) is 14.1. The van der Waals surface area contributed by atoms with E-state index in [0.29, 0.717) is 0 Å². The molecule has 3 heteroatoms. The predicted octanol–water partition coefficient (Wildman–Crippen LogP) is 6.54. The highest BCUT2D eigenvalue weighted by Crippen LogP contribution is 2.23. The summed E-state index contributed by atoms with van der Waals surface area (Å²) in [4.78, 5) is 26.7. The lowest BCUT2D eigenvalue weighted by molar-refractivity contribution is 0.257. The van der Waals surface area contributed by atoms with Crippen LogP contribution in [-0.4, -0.2) is 24.5 Å². The molecule has 0 amide bonds. The molecule has 0 N–H and O–H groups in total. The number of unbranched alkanes of at least 4 members (excludes halogenated alkanes) is 10. The first-order chi connectivity index (χ1) is 14.3. The molecule has 0 aliphatic carbocycles. The summed E-state index contributed by atoms with van der Waals surface area (Å²) >= 11 is 0. The largest absolute Gasteiger partial charge is 0.303 e. The van der Waals surface area contributed by atoms with Gasteiger partial charge >= 0.3 is 0 Å². The van der Waals surface area contributed by atoms with Crippen molar-refractivity contribution in [1.29, 1.82) is 0 Å². The maximum absolute atomic E-state index is 12.1. The minimum Gasteiger partial charge on any atom is -0.303 e. The number of rotatable bonds is 18. The molecule has 1 aromatic rings. The zero-order chi connectivity index (χ0) is 22.4. The van der Waals surface area contributed by atoms with Crippen LogP contribution in [0.15, 0.2) is 9.59 Å². The Balaban J connectivity index is 2.45. The summed E-state index contributed by atoms with van der Waals surface area (Å²) < 4.78 is 0. The van der Waals surface area contributed by atoms with Crippen LogP contribution < -0.4 is 10.9 Å². The van der Waals surface area contributed by atoms with Crippen LogP contribution in [-0.2, 0) is 11.8 Å². The van der Waals surface area contributed by atoms with E-state index in [1.54, 1.807) is 0 Å². The quantitative estimate of drug-likeness (QED) is 0.200. The summed E-state index contributed by atoms with van der Waals surface area (Å²) in [5.74, 6) is 0.